The minimum Gasteiger partial charge on any atom is -0.336 e. The summed E-state index contributed by atoms with van der Waals surface area (Å²) < 4.78 is 0.876. The molecular weight excluding hydrogens is 328 g/mol. The zero-order valence-electron chi connectivity index (χ0n) is 11.0. The van der Waals surface area contributed by atoms with Crippen molar-refractivity contribution in [3.63, 3.8) is 0 Å². The third kappa shape index (κ3) is 3.50. The summed E-state index contributed by atoms with van der Waals surface area (Å²) >= 11 is 9.54. The summed E-state index contributed by atoms with van der Waals surface area (Å²) in [7, 11) is 0. The maximum absolute atomic E-state index is 12.6. The van der Waals surface area contributed by atoms with Crippen molar-refractivity contribution in [2.75, 3.05) is 19.6 Å². The largest absolute Gasteiger partial charge is 0.336 e. The molecule has 1 aromatic rings. The molecule has 2 rings (SSSR count). The molecule has 1 N–H and O–H groups in total. The van der Waals surface area contributed by atoms with Gasteiger partial charge in [0.15, 0.2) is 0 Å². The molecule has 0 bridgehead atoms. The predicted molar refractivity (Wildman–Crippen MR) is 81.8 cm³/mol. The van der Waals surface area contributed by atoms with Gasteiger partial charge in [0.1, 0.15) is 0 Å². The second-order valence-electron chi connectivity index (χ2n) is 4.70. The van der Waals surface area contributed by atoms with Gasteiger partial charge in [-0.3, -0.25) is 4.79 Å². The van der Waals surface area contributed by atoms with E-state index in [2.05, 4.69) is 21.2 Å². The number of piperidine rings is 1. The summed E-state index contributed by atoms with van der Waals surface area (Å²) in [6.45, 7) is 4.68. The maximum atomic E-state index is 12.6. The fourth-order valence-corrected chi connectivity index (χ4v) is 3.06. The summed E-state index contributed by atoms with van der Waals surface area (Å²) in [6.07, 6.45) is 2.01. The van der Waals surface area contributed by atoms with Crippen molar-refractivity contribution in [1.29, 1.82) is 0 Å². The van der Waals surface area contributed by atoms with Crippen LogP contribution in [0.25, 0.3) is 0 Å². The Kier molecular flexibility index (Phi) is 5.25. The molecule has 0 atom stereocenters. The number of carbonyl (C=O) groups excluding carboxylic acids is 1. The van der Waals surface area contributed by atoms with Crippen LogP contribution in [0.3, 0.4) is 0 Å². The Morgan fingerprint density at radius 3 is 2.79 bits per heavy atom. The van der Waals surface area contributed by atoms with Gasteiger partial charge in [-0.05, 0) is 51.1 Å². The van der Waals surface area contributed by atoms with E-state index in [1.54, 1.807) is 12.1 Å². The maximum Gasteiger partial charge on any atom is 0.255 e. The van der Waals surface area contributed by atoms with Crippen molar-refractivity contribution >= 4 is 33.4 Å². The molecule has 0 unspecified atom stereocenters. The highest BCUT2D eigenvalue weighted by Gasteiger charge is 2.26. The van der Waals surface area contributed by atoms with Gasteiger partial charge >= 0.3 is 0 Å². The highest BCUT2D eigenvalue weighted by molar-refractivity contribution is 9.10. The third-order valence-electron chi connectivity index (χ3n) is 3.51. The van der Waals surface area contributed by atoms with Crippen molar-refractivity contribution in [3.8, 4) is 0 Å². The van der Waals surface area contributed by atoms with Gasteiger partial charge in [-0.2, -0.15) is 0 Å². The van der Waals surface area contributed by atoms with Crippen molar-refractivity contribution < 1.29 is 4.79 Å². The number of amides is 1. The molecule has 0 saturated carbocycles. The third-order valence-corrected chi connectivity index (χ3v) is 4.33. The van der Waals surface area contributed by atoms with Gasteiger partial charge in [-0.1, -0.05) is 27.5 Å². The smallest absolute Gasteiger partial charge is 0.255 e. The highest BCUT2D eigenvalue weighted by Crippen LogP contribution is 2.24. The van der Waals surface area contributed by atoms with Gasteiger partial charge in [-0.25, -0.2) is 0 Å². The monoisotopic (exact) mass is 344 g/mol. The van der Waals surface area contributed by atoms with Crippen LogP contribution in [0.5, 0.6) is 0 Å². The van der Waals surface area contributed by atoms with E-state index in [1.165, 1.54) is 0 Å². The van der Waals surface area contributed by atoms with Gasteiger partial charge in [0.25, 0.3) is 5.91 Å². The summed E-state index contributed by atoms with van der Waals surface area (Å²) in [6, 6.07) is 5.72. The standard InChI is InChI=1S/C14H18BrClN2O/c1-2-18(11-5-7-17-8-6-11)14(19)12-9-10(15)3-4-13(12)16/h3-4,9,11,17H,2,5-8H2,1H3. The normalized spacial score (nSPS) is 16.4. The molecule has 0 radical (unpaired) electrons. The summed E-state index contributed by atoms with van der Waals surface area (Å²) in [5.74, 6) is 0.0284. The van der Waals surface area contributed by atoms with Crippen molar-refractivity contribution in [2.45, 2.75) is 25.8 Å². The molecule has 1 fully saturated rings. The van der Waals surface area contributed by atoms with Crippen LogP contribution in [-0.2, 0) is 0 Å². The minimum absolute atomic E-state index is 0.0284. The Labute approximate surface area is 127 Å². The zero-order valence-corrected chi connectivity index (χ0v) is 13.3. The van der Waals surface area contributed by atoms with E-state index in [9.17, 15) is 4.79 Å². The van der Waals surface area contributed by atoms with E-state index in [0.717, 1.165) is 30.4 Å². The van der Waals surface area contributed by atoms with Gasteiger partial charge in [0, 0.05) is 17.1 Å². The molecule has 1 saturated heterocycles. The molecule has 3 nitrogen and oxygen atoms in total. The number of carbonyl (C=O) groups is 1. The summed E-state index contributed by atoms with van der Waals surface area (Å²) in [4.78, 5) is 14.6. The first-order chi connectivity index (χ1) is 9.13. The van der Waals surface area contributed by atoms with Crippen molar-refractivity contribution in [2.24, 2.45) is 0 Å². The molecule has 1 aliphatic heterocycles. The molecule has 1 aromatic carbocycles. The fourth-order valence-electron chi connectivity index (χ4n) is 2.50. The molecule has 5 heteroatoms. The van der Waals surface area contributed by atoms with E-state index in [0.29, 0.717) is 23.2 Å². The Balaban J connectivity index is 2.22. The lowest BCUT2D eigenvalue weighted by Gasteiger charge is -2.34. The number of hydrogen-bond donors (Lipinski definition) is 1. The first kappa shape index (κ1) is 14.8. The average molecular weight is 346 g/mol. The number of benzene rings is 1. The summed E-state index contributed by atoms with van der Waals surface area (Å²) in [5.41, 5.74) is 0.580. The van der Waals surface area contributed by atoms with Crippen LogP contribution < -0.4 is 5.32 Å². The fraction of sp³-hybridized carbons (Fsp3) is 0.500. The van der Waals surface area contributed by atoms with E-state index < -0.39 is 0 Å². The topological polar surface area (TPSA) is 32.3 Å². The zero-order chi connectivity index (χ0) is 13.8. The Morgan fingerprint density at radius 2 is 2.16 bits per heavy atom. The van der Waals surface area contributed by atoms with Gasteiger partial charge in [0.05, 0.1) is 10.6 Å². The lowest BCUT2D eigenvalue weighted by molar-refractivity contribution is 0.0656. The van der Waals surface area contributed by atoms with Crippen LogP contribution in [-0.4, -0.2) is 36.5 Å². The molecule has 104 valence electrons. The number of nitrogens with one attached hydrogen (secondary N) is 1. The van der Waals surface area contributed by atoms with Crippen LogP contribution in [0.4, 0.5) is 0 Å². The Morgan fingerprint density at radius 1 is 1.47 bits per heavy atom. The second-order valence-corrected chi connectivity index (χ2v) is 6.02. The highest BCUT2D eigenvalue weighted by atomic mass is 79.9. The molecular formula is C14H18BrClN2O. The van der Waals surface area contributed by atoms with E-state index in [1.807, 2.05) is 17.9 Å². The van der Waals surface area contributed by atoms with Gasteiger partial charge in [-0.15, -0.1) is 0 Å². The van der Waals surface area contributed by atoms with E-state index >= 15 is 0 Å². The average Bonchev–Trinajstić information content (AvgIpc) is 2.43. The second kappa shape index (κ2) is 6.73. The molecule has 19 heavy (non-hydrogen) atoms. The van der Waals surface area contributed by atoms with Crippen molar-refractivity contribution in [3.05, 3.63) is 33.3 Å². The Bertz CT molecular complexity index is 461. The van der Waals surface area contributed by atoms with Gasteiger partial charge < -0.3 is 10.2 Å². The first-order valence-electron chi connectivity index (χ1n) is 6.60. The molecule has 1 amide bonds. The van der Waals surface area contributed by atoms with Gasteiger partial charge in [0.2, 0.25) is 0 Å². The lowest BCUT2D eigenvalue weighted by Crippen LogP contribution is -2.46. The number of hydrogen-bond acceptors (Lipinski definition) is 2. The quantitative estimate of drug-likeness (QED) is 0.911. The van der Waals surface area contributed by atoms with Crippen LogP contribution in [0.2, 0.25) is 5.02 Å². The van der Waals surface area contributed by atoms with E-state index in [4.69, 9.17) is 11.6 Å². The lowest BCUT2D eigenvalue weighted by atomic mass is 10.0. The molecule has 0 spiro atoms. The van der Waals surface area contributed by atoms with Crippen LogP contribution in [0, 0.1) is 0 Å². The minimum atomic E-state index is 0.0284. The first-order valence-corrected chi connectivity index (χ1v) is 7.77. The van der Waals surface area contributed by atoms with Crippen LogP contribution >= 0.6 is 27.5 Å². The SMILES string of the molecule is CCN(C(=O)c1cc(Br)ccc1Cl)C1CCNCC1. The van der Waals surface area contributed by atoms with Crippen molar-refractivity contribution in [1.82, 2.24) is 10.2 Å². The predicted octanol–water partition coefficient (Wildman–Crippen LogP) is 3.32. The molecule has 1 heterocycles. The Hall–Kier alpha value is -0.580. The molecule has 0 aliphatic carbocycles. The number of halogens is 2. The van der Waals surface area contributed by atoms with Crippen LogP contribution in [0.1, 0.15) is 30.1 Å². The number of rotatable bonds is 3. The van der Waals surface area contributed by atoms with Crippen LogP contribution in [0.15, 0.2) is 22.7 Å². The summed E-state index contributed by atoms with van der Waals surface area (Å²) in [5, 5.41) is 3.84. The molecule has 1 aliphatic rings. The number of nitrogens with zero attached hydrogens (tertiary/aromatic N) is 1. The molecule has 0 aromatic heterocycles. The van der Waals surface area contributed by atoms with E-state index in [-0.39, 0.29) is 5.91 Å².